The van der Waals surface area contributed by atoms with Gasteiger partial charge < -0.3 is 11.1 Å². The molecule has 2 amide bonds. The first-order chi connectivity index (χ1) is 6.72. The molecule has 0 fully saturated rings. The predicted octanol–water partition coefficient (Wildman–Crippen LogP) is 2.12. The van der Waals surface area contributed by atoms with Crippen LogP contribution in [0.3, 0.4) is 0 Å². The SMILES string of the molecule is NC(=O)Nc1ccc(C=CCS)cc1. The van der Waals surface area contributed by atoms with Crippen LogP contribution in [0.2, 0.25) is 0 Å². The van der Waals surface area contributed by atoms with Gasteiger partial charge in [0.05, 0.1) is 0 Å². The Kier molecular flexibility index (Phi) is 4.07. The average molecular weight is 208 g/mol. The number of hydrogen-bond acceptors (Lipinski definition) is 2. The second-order valence-corrected chi connectivity index (χ2v) is 3.06. The van der Waals surface area contributed by atoms with Gasteiger partial charge in [0.25, 0.3) is 0 Å². The van der Waals surface area contributed by atoms with Crippen LogP contribution in [0.1, 0.15) is 5.56 Å². The van der Waals surface area contributed by atoms with Gasteiger partial charge in [0.2, 0.25) is 0 Å². The first-order valence-corrected chi connectivity index (χ1v) is 4.79. The van der Waals surface area contributed by atoms with E-state index in [2.05, 4.69) is 17.9 Å². The van der Waals surface area contributed by atoms with Crippen molar-refractivity contribution >= 4 is 30.4 Å². The minimum Gasteiger partial charge on any atom is -0.351 e. The summed E-state index contributed by atoms with van der Waals surface area (Å²) < 4.78 is 0. The van der Waals surface area contributed by atoms with E-state index in [-0.39, 0.29) is 0 Å². The van der Waals surface area contributed by atoms with E-state index < -0.39 is 6.03 Å². The minimum absolute atomic E-state index is 0.552. The summed E-state index contributed by atoms with van der Waals surface area (Å²) in [6.45, 7) is 0. The molecule has 14 heavy (non-hydrogen) atoms. The Hall–Kier alpha value is -1.42. The Bertz CT molecular complexity index is 332. The minimum atomic E-state index is -0.552. The second kappa shape index (κ2) is 5.34. The van der Waals surface area contributed by atoms with Crippen LogP contribution in [0.25, 0.3) is 6.08 Å². The van der Waals surface area contributed by atoms with E-state index in [1.165, 1.54) is 0 Å². The van der Waals surface area contributed by atoms with Crippen molar-refractivity contribution < 1.29 is 4.79 Å². The fraction of sp³-hybridized carbons (Fsp3) is 0.100. The van der Waals surface area contributed by atoms with Gasteiger partial charge in [0, 0.05) is 11.4 Å². The number of amides is 2. The summed E-state index contributed by atoms with van der Waals surface area (Å²) in [5.41, 5.74) is 6.73. The van der Waals surface area contributed by atoms with E-state index in [0.717, 1.165) is 5.56 Å². The molecule has 0 aliphatic carbocycles. The number of benzene rings is 1. The van der Waals surface area contributed by atoms with Crippen molar-refractivity contribution in [2.75, 3.05) is 11.1 Å². The molecule has 4 heteroatoms. The highest BCUT2D eigenvalue weighted by atomic mass is 32.1. The molecule has 74 valence electrons. The first kappa shape index (κ1) is 10.7. The quantitative estimate of drug-likeness (QED) is 0.655. The Labute approximate surface area is 88.4 Å². The highest BCUT2D eigenvalue weighted by molar-refractivity contribution is 7.80. The highest BCUT2D eigenvalue weighted by Crippen LogP contribution is 2.10. The number of carbonyl (C=O) groups excluding carboxylic acids is 1. The fourth-order valence-electron chi connectivity index (χ4n) is 1.01. The zero-order valence-corrected chi connectivity index (χ0v) is 8.50. The first-order valence-electron chi connectivity index (χ1n) is 4.16. The number of hydrogen-bond donors (Lipinski definition) is 3. The van der Waals surface area contributed by atoms with Crippen LogP contribution in [0.5, 0.6) is 0 Å². The van der Waals surface area contributed by atoms with Crippen molar-refractivity contribution in [3.8, 4) is 0 Å². The maximum Gasteiger partial charge on any atom is 0.316 e. The summed E-state index contributed by atoms with van der Waals surface area (Å²) in [4.78, 5) is 10.5. The second-order valence-electron chi connectivity index (χ2n) is 2.70. The molecule has 0 unspecified atom stereocenters. The van der Waals surface area contributed by atoms with Crippen LogP contribution in [-0.4, -0.2) is 11.8 Å². The van der Waals surface area contributed by atoms with Gasteiger partial charge in [0.1, 0.15) is 0 Å². The van der Waals surface area contributed by atoms with E-state index in [0.29, 0.717) is 11.4 Å². The third kappa shape index (κ3) is 3.53. The van der Waals surface area contributed by atoms with Crippen molar-refractivity contribution in [3.63, 3.8) is 0 Å². The molecule has 1 rings (SSSR count). The lowest BCUT2D eigenvalue weighted by atomic mass is 10.2. The van der Waals surface area contributed by atoms with Gasteiger partial charge in [-0.2, -0.15) is 12.6 Å². The van der Waals surface area contributed by atoms with Crippen LogP contribution < -0.4 is 11.1 Å². The maximum absolute atomic E-state index is 10.5. The summed E-state index contributed by atoms with van der Waals surface area (Å²) in [5, 5.41) is 2.49. The zero-order chi connectivity index (χ0) is 10.4. The molecule has 0 aliphatic rings. The van der Waals surface area contributed by atoms with Crippen LogP contribution in [0.15, 0.2) is 30.3 Å². The molecule has 0 aliphatic heterocycles. The van der Waals surface area contributed by atoms with Crippen molar-refractivity contribution in [2.24, 2.45) is 5.73 Å². The number of anilines is 1. The molecule has 0 bridgehead atoms. The summed E-state index contributed by atoms with van der Waals surface area (Å²) in [5.74, 6) is 0.710. The number of rotatable bonds is 3. The molecule has 3 nitrogen and oxygen atoms in total. The van der Waals surface area contributed by atoms with Crippen LogP contribution >= 0.6 is 12.6 Å². The normalized spacial score (nSPS) is 10.4. The largest absolute Gasteiger partial charge is 0.351 e. The Morgan fingerprint density at radius 3 is 2.57 bits per heavy atom. The van der Waals surface area contributed by atoms with Crippen LogP contribution in [0, 0.1) is 0 Å². The summed E-state index contributed by atoms with van der Waals surface area (Å²) in [6, 6.07) is 6.83. The van der Waals surface area contributed by atoms with Crippen LogP contribution in [-0.2, 0) is 0 Å². The third-order valence-corrected chi connectivity index (χ3v) is 1.80. The number of nitrogens with two attached hydrogens (primary N) is 1. The molecule has 3 N–H and O–H groups in total. The van der Waals surface area contributed by atoms with Gasteiger partial charge in [-0.1, -0.05) is 24.3 Å². The zero-order valence-electron chi connectivity index (χ0n) is 7.60. The van der Waals surface area contributed by atoms with Gasteiger partial charge in [-0.05, 0) is 17.7 Å². The molecule has 1 aromatic rings. The Morgan fingerprint density at radius 1 is 1.43 bits per heavy atom. The van der Waals surface area contributed by atoms with Crippen LogP contribution in [0.4, 0.5) is 10.5 Å². The molecule has 0 heterocycles. The number of urea groups is 1. The molecular formula is C10H12N2OS. The maximum atomic E-state index is 10.5. The van der Waals surface area contributed by atoms with Gasteiger partial charge in [-0.25, -0.2) is 4.79 Å². The summed E-state index contributed by atoms with van der Waals surface area (Å²) in [7, 11) is 0. The van der Waals surface area contributed by atoms with E-state index in [9.17, 15) is 4.79 Å². The van der Waals surface area contributed by atoms with E-state index in [1.54, 1.807) is 12.1 Å². The lowest BCUT2D eigenvalue weighted by Gasteiger charge is -2.01. The molecular weight excluding hydrogens is 196 g/mol. The number of thiol groups is 1. The molecule has 0 saturated heterocycles. The van der Waals surface area contributed by atoms with E-state index in [4.69, 9.17) is 5.73 Å². The Morgan fingerprint density at radius 2 is 2.07 bits per heavy atom. The average Bonchev–Trinajstić information content (AvgIpc) is 2.16. The molecule has 0 aromatic heterocycles. The number of carbonyl (C=O) groups is 1. The van der Waals surface area contributed by atoms with Crippen molar-refractivity contribution in [1.29, 1.82) is 0 Å². The topological polar surface area (TPSA) is 55.1 Å². The van der Waals surface area contributed by atoms with Gasteiger partial charge >= 0.3 is 6.03 Å². The summed E-state index contributed by atoms with van der Waals surface area (Å²) >= 11 is 4.06. The molecule has 0 saturated carbocycles. The van der Waals surface area contributed by atoms with E-state index in [1.807, 2.05) is 24.3 Å². The van der Waals surface area contributed by atoms with Crippen molar-refractivity contribution in [1.82, 2.24) is 0 Å². The van der Waals surface area contributed by atoms with E-state index >= 15 is 0 Å². The third-order valence-electron chi connectivity index (χ3n) is 1.59. The molecule has 0 atom stereocenters. The number of nitrogens with one attached hydrogen (secondary N) is 1. The highest BCUT2D eigenvalue weighted by Gasteiger charge is 1.94. The molecule has 0 spiro atoms. The fourth-order valence-corrected chi connectivity index (χ4v) is 1.11. The predicted molar refractivity (Wildman–Crippen MR) is 62.5 cm³/mol. The van der Waals surface area contributed by atoms with Gasteiger partial charge in [-0.15, -0.1) is 0 Å². The smallest absolute Gasteiger partial charge is 0.316 e. The number of primary amides is 1. The Balaban J connectivity index is 2.68. The monoisotopic (exact) mass is 208 g/mol. The van der Waals surface area contributed by atoms with Crippen molar-refractivity contribution in [2.45, 2.75) is 0 Å². The molecule has 1 aromatic carbocycles. The standard InChI is InChI=1S/C10H12N2OS/c11-10(13)12-9-5-3-8(4-6-9)2-1-7-14/h1-6,14H,7H2,(H3,11,12,13). The lowest BCUT2D eigenvalue weighted by molar-refractivity contribution is 0.259. The molecule has 0 radical (unpaired) electrons. The van der Waals surface area contributed by atoms with Crippen molar-refractivity contribution in [3.05, 3.63) is 35.9 Å². The lowest BCUT2D eigenvalue weighted by Crippen LogP contribution is -2.19. The van der Waals surface area contributed by atoms with Gasteiger partial charge in [-0.3, -0.25) is 0 Å². The summed E-state index contributed by atoms with van der Waals surface area (Å²) in [6.07, 6.45) is 3.90. The van der Waals surface area contributed by atoms with Gasteiger partial charge in [0.15, 0.2) is 0 Å².